The first kappa shape index (κ1) is 23.2. The average Bonchev–Trinajstić information content (AvgIpc) is 3.26. The minimum absolute atomic E-state index is 0.0740. The summed E-state index contributed by atoms with van der Waals surface area (Å²) >= 11 is 0. The second-order valence-electron chi connectivity index (χ2n) is 7.40. The number of anilines is 2. The van der Waals surface area contributed by atoms with Gasteiger partial charge in [-0.25, -0.2) is 9.38 Å². The number of guanidine groups is 1. The van der Waals surface area contributed by atoms with E-state index < -0.39 is 5.82 Å². The van der Waals surface area contributed by atoms with Crippen LogP contribution in [-0.4, -0.2) is 58.3 Å². The Morgan fingerprint density at radius 1 is 1.19 bits per heavy atom. The number of aliphatic imine (C=N–C) groups is 1. The molecule has 1 aliphatic rings. The van der Waals surface area contributed by atoms with Gasteiger partial charge in [0.1, 0.15) is 23.9 Å². The molecular weight excluding hydrogens is 413 g/mol. The van der Waals surface area contributed by atoms with E-state index in [-0.39, 0.29) is 18.5 Å². The van der Waals surface area contributed by atoms with Crippen LogP contribution in [0.4, 0.5) is 15.8 Å². The van der Waals surface area contributed by atoms with Crippen LogP contribution in [0, 0.1) is 5.82 Å². The van der Waals surface area contributed by atoms with Gasteiger partial charge in [0.05, 0.1) is 14.2 Å². The molecule has 2 aromatic rings. The van der Waals surface area contributed by atoms with E-state index in [0.717, 1.165) is 36.7 Å². The van der Waals surface area contributed by atoms with E-state index in [1.54, 1.807) is 26.4 Å². The van der Waals surface area contributed by atoms with Gasteiger partial charge in [0.15, 0.2) is 5.96 Å². The minimum atomic E-state index is -0.402. The molecule has 2 aromatic carbocycles. The molecule has 32 heavy (non-hydrogen) atoms. The van der Waals surface area contributed by atoms with Gasteiger partial charge in [0, 0.05) is 55.2 Å². The van der Waals surface area contributed by atoms with Crippen LogP contribution < -0.4 is 30.3 Å². The molecule has 8 nitrogen and oxygen atoms in total. The lowest BCUT2D eigenvalue weighted by Crippen LogP contribution is -2.45. The fourth-order valence-electron chi connectivity index (χ4n) is 3.52. The van der Waals surface area contributed by atoms with Gasteiger partial charge in [-0.05, 0) is 31.5 Å². The van der Waals surface area contributed by atoms with Crippen LogP contribution in [-0.2, 0) is 4.79 Å². The van der Waals surface area contributed by atoms with Gasteiger partial charge in [-0.15, -0.1) is 0 Å². The maximum atomic E-state index is 13.3. The fraction of sp³-hybridized carbons (Fsp3) is 0.391. The van der Waals surface area contributed by atoms with Crippen LogP contribution in [0.5, 0.6) is 11.5 Å². The van der Waals surface area contributed by atoms with Gasteiger partial charge in [-0.3, -0.25) is 4.79 Å². The van der Waals surface area contributed by atoms with Crippen LogP contribution in [0.3, 0.4) is 0 Å². The number of halogens is 1. The Balaban J connectivity index is 1.58. The predicted molar refractivity (Wildman–Crippen MR) is 124 cm³/mol. The topological polar surface area (TPSA) is 87.2 Å². The molecule has 1 amide bonds. The lowest BCUT2D eigenvalue weighted by Gasteiger charge is -2.21. The fourth-order valence-corrected chi connectivity index (χ4v) is 3.52. The number of methoxy groups -OCH3 is 2. The third-order valence-electron chi connectivity index (χ3n) is 5.06. The predicted octanol–water partition coefficient (Wildman–Crippen LogP) is 2.62. The highest BCUT2D eigenvalue weighted by molar-refractivity contribution is 5.94. The Kier molecular flexibility index (Phi) is 8.13. The van der Waals surface area contributed by atoms with E-state index in [4.69, 9.17) is 9.47 Å². The summed E-state index contributed by atoms with van der Waals surface area (Å²) in [6, 6.07) is 11.8. The molecule has 0 aliphatic carbocycles. The summed E-state index contributed by atoms with van der Waals surface area (Å²) < 4.78 is 24.0. The molecule has 0 saturated carbocycles. The second kappa shape index (κ2) is 11.2. The standard InChI is InChI=1S/C23H30FN5O3/c1-4-25-23(26-14-22(30)27-17-7-5-6-16(24)10-17)28-18-8-9-29(15-18)19-11-20(31-2)13-21(12-19)32-3/h5-7,10-13,18H,4,8-9,14-15H2,1-3H3,(H,27,30)(H2,25,26,28). The first-order valence-corrected chi connectivity index (χ1v) is 10.6. The molecule has 0 radical (unpaired) electrons. The average molecular weight is 444 g/mol. The van der Waals surface area contributed by atoms with Crippen molar-refractivity contribution in [3.05, 3.63) is 48.3 Å². The van der Waals surface area contributed by atoms with Crippen LogP contribution in [0.25, 0.3) is 0 Å². The SMILES string of the molecule is CCNC(=NCC(=O)Nc1cccc(F)c1)NC1CCN(c2cc(OC)cc(OC)c2)C1. The molecule has 1 fully saturated rings. The van der Waals surface area contributed by atoms with Crippen molar-refractivity contribution in [3.63, 3.8) is 0 Å². The number of nitrogens with zero attached hydrogens (tertiary/aromatic N) is 2. The van der Waals surface area contributed by atoms with Crippen molar-refractivity contribution in [2.24, 2.45) is 4.99 Å². The van der Waals surface area contributed by atoms with E-state index in [2.05, 4.69) is 25.8 Å². The van der Waals surface area contributed by atoms with Crippen molar-refractivity contribution in [1.82, 2.24) is 10.6 Å². The van der Waals surface area contributed by atoms with Crippen molar-refractivity contribution in [1.29, 1.82) is 0 Å². The van der Waals surface area contributed by atoms with Gasteiger partial charge >= 0.3 is 0 Å². The zero-order valence-electron chi connectivity index (χ0n) is 18.7. The molecule has 1 aliphatic heterocycles. The summed E-state index contributed by atoms with van der Waals surface area (Å²) in [7, 11) is 3.27. The molecule has 0 bridgehead atoms. The van der Waals surface area contributed by atoms with Crippen molar-refractivity contribution < 1.29 is 18.7 Å². The van der Waals surface area contributed by atoms with Crippen molar-refractivity contribution in [2.45, 2.75) is 19.4 Å². The quantitative estimate of drug-likeness (QED) is 0.430. The molecular formula is C23H30FN5O3. The first-order valence-electron chi connectivity index (χ1n) is 10.6. The molecule has 0 aromatic heterocycles. The highest BCUT2D eigenvalue weighted by atomic mass is 19.1. The zero-order valence-corrected chi connectivity index (χ0v) is 18.7. The maximum Gasteiger partial charge on any atom is 0.246 e. The molecule has 1 atom stereocenters. The lowest BCUT2D eigenvalue weighted by molar-refractivity contribution is -0.114. The maximum absolute atomic E-state index is 13.3. The highest BCUT2D eigenvalue weighted by Gasteiger charge is 2.24. The largest absolute Gasteiger partial charge is 0.497 e. The second-order valence-corrected chi connectivity index (χ2v) is 7.40. The molecule has 3 rings (SSSR count). The summed E-state index contributed by atoms with van der Waals surface area (Å²) in [5.74, 6) is 1.34. The van der Waals surface area contributed by atoms with Gasteiger partial charge in [0.2, 0.25) is 5.91 Å². The number of carbonyl (C=O) groups excluding carboxylic acids is 1. The Hall–Kier alpha value is -3.49. The molecule has 1 saturated heterocycles. The number of amides is 1. The molecule has 3 N–H and O–H groups in total. The summed E-state index contributed by atoms with van der Waals surface area (Å²) in [6.45, 7) is 4.20. The third kappa shape index (κ3) is 6.50. The van der Waals surface area contributed by atoms with Gasteiger partial charge in [0.25, 0.3) is 0 Å². The Morgan fingerprint density at radius 3 is 2.59 bits per heavy atom. The van der Waals surface area contributed by atoms with Crippen LogP contribution in [0.1, 0.15) is 13.3 Å². The zero-order chi connectivity index (χ0) is 22.9. The third-order valence-corrected chi connectivity index (χ3v) is 5.06. The number of benzene rings is 2. The van der Waals surface area contributed by atoms with Crippen LogP contribution in [0.15, 0.2) is 47.5 Å². The van der Waals surface area contributed by atoms with Crippen molar-refractivity contribution in [3.8, 4) is 11.5 Å². The van der Waals surface area contributed by atoms with Crippen molar-refractivity contribution in [2.75, 3.05) is 50.6 Å². The number of hydrogen-bond donors (Lipinski definition) is 3. The van der Waals surface area contributed by atoms with E-state index >= 15 is 0 Å². The Labute approximate surface area is 187 Å². The monoisotopic (exact) mass is 443 g/mol. The van der Waals surface area contributed by atoms with Crippen molar-refractivity contribution >= 4 is 23.2 Å². The molecule has 172 valence electrons. The van der Waals surface area contributed by atoms with Gasteiger partial charge < -0.3 is 30.3 Å². The summed E-state index contributed by atoms with van der Waals surface area (Å²) in [5, 5.41) is 9.22. The van der Waals surface area contributed by atoms with E-state index in [9.17, 15) is 9.18 Å². The van der Waals surface area contributed by atoms with Crippen LogP contribution >= 0.6 is 0 Å². The van der Waals surface area contributed by atoms with Gasteiger partial charge in [-0.2, -0.15) is 0 Å². The number of nitrogens with one attached hydrogen (secondary N) is 3. The number of rotatable bonds is 8. The Morgan fingerprint density at radius 2 is 1.94 bits per heavy atom. The first-order chi connectivity index (χ1) is 15.5. The molecule has 1 heterocycles. The summed E-state index contributed by atoms with van der Waals surface area (Å²) in [5.41, 5.74) is 1.44. The van der Waals surface area contributed by atoms with E-state index in [1.807, 2.05) is 25.1 Å². The summed E-state index contributed by atoms with van der Waals surface area (Å²) in [4.78, 5) is 18.8. The molecule has 0 spiro atoms. The highest BCUT2D eigenvalue weighted by Crippen LogP contribution is 2.30. The smallest absolute Gasteiger partial charge is 0.246 e. The minimum Gasteiger partial charge on any atom is -0.497 e. The normalized spacial score (nSPS) is 15.9. The lowest BCUT2D eigenvalue weighted by atomic mass is 10.2. The molecule has 9 heteroatoms. The number of hydrogen-bond acceptors (Lipinski definition) is 5. The number of carbonyl (C=O) groups is 1. The number of ether oxygens (including phenoxy) is 2. The van der Waals surface area contributed by atoms with Gasteiger partial charge in [-0.1, -0.05) is 6.07 Å². The molecule has 1 unspecified atom stereocenters. The van der Waals surface area contributed by atoms with E-state index in [1.165, 1.54) is 12.1 Å². The van der Waals surface area contributed by atoms with E-state index in [0.29, 0.717) is 18.2 Å². The summed E-state index contributed by atoms with van der Waals surface area (Å²) in [6.07, 6.45) is 0.916. The Bertz CT molecular complexity index is 931. The van der Waals surface area contributed by atoms with Crippen LogP contribution in [0.2, 0.25) is 0 Å².